The summed E-state index contributed by atoms with van der Waals surface area (Å²) in [6, 6.07) is 5.62. The molecule has 5 heteroatoms. The van der Waals surface area contributed by atoms with Crippen LogP contribution in [0, 0.1) is 0 Å². The van der Waals surface area contributed by atoms with E-state index in [1.165, 1.54) is 7.11 Å². The molecule has 1 aromatic heterocycles. The van der Waals surface area contributed by atoms with Crippen LogP contribution in [0.15, 0.2) is 18.2 Å². The molecule has 78 valence electrons. The standard InChI is InChI=1S/C10H11N3O2/c1-14-9-7-4-3-6(11)5-8(7)12-10(13-9)15-2/h3-5H,11H2,1-2H3. The van der Waals surface area contributed by atoms with Gasteiger partial charge in [0.05, 0.1) is 25.1 Å². The van der Waals surface area contributed by atoms with Crippen molar-refractivity contribution in [1.29, 1.82) is 0 Å². The van der Waals surface area contributed by atoms with Gasteiger partial charge in [0.2, 0.25) is 5.88 Å². The lowest BCUT2D eigenvalue weighted by molar-refractivity contribution is 0.357. The molecule has 0 atom stereocenters. The van der Waals surface area contributed by atoms with Crippen LogP contribution < -0.4 is 15.2 Å². The molecule has 15 heavy (non-hydrogen) atoms. The summed E-state index contributed by atoms with van der Waals surface area (Å²) in [7, 11) is 3.06. The van der Waals surface area contributed by atoms with Crippen LogP contribution in [-0.4, -0.2) is 24.2 Å². The van der Waals surface area contributed by atoms with Crippen molar-refractivity contribution in [1.82, 2.24) is 9.97 Å². The van der Waals surface area contributed by atoms with E-state index in [0.717, 1.165) is 5.39 Å². The highest BCUT2D eigenvalue weighted by Gasteiger charge is 2.07. The van der Waals surface area contributed by atoms with Crippen molar-refractivity contribution < 1.29 is 9.47 Å². The van der Waals surface area contributed by atoms with Crippen molar-refractivity contribution in [2.45, 2.75) is 0 Å². The normalized spacial score (nSPS) is 10.3. The lowest BCUT2D eigenvalue weighted by Crippen LogP contribution is -1.97. The zero-order valence-electron chi connectivity index (χ0n) is 8.52. The molecule has 0 bridgehead atoms. The average molecular weight is 205 g/mol. The highest BCUT2D eigenvalue weighted by molar-refractivity contribution is 5.86. The zero-order chi connectivity index (χ0) is 10.8. The molecular weight excluding hydrogens is 194 g/mol. The zero-order valence-corrected chi connectivity index (χ0v) is 8.52. The molecule has 0 fully saturated rings. The lowest BCUT2D eigenvalue weighted by Gasteiger charge is -2.06. The Bertz CT molecular complexity index is 499. The fourth-order valence-corrected chi connectivity index (χ4v) is 1.34. The first-order chi connectivity index (χ1) is 7.24. The molecule has 0 saturated heterocycles. The third kappa shape index (κ3) is 1.63. The van der Waals surface area contributed by atoms with Gasteiger partial charge in [-0.1, -0.05) is 0 Å². The fraction of sp³-hybridized carbons (Fsp3) is 0.200. The summed E-state index contributed by atoms with van der Waals surface area (Å²) in [6.07, 6.45) is 0. The molecule has 5 nitrogen and oxygen atoms in total. The summed E-state index contributed by atoms with van der Waals surface area (Å²) in [6.45, 7) is 0. The number of hydrogen-bond acceptors (Lipinski definition) is 5. The van der Waals surface area contributed by atoms with E-state index in [2.05, 4.69) is 9.97 Å². The van der Waals surface area contributed by atoms with Crippen LogP contribution in [0.1, 0.15) is 0 Å². The number of rotatable bonds is 2. The highest BCUT2D eigenvalue weighted by atomic mass is 16.5. The summed E-state index contributed by atoms with van der Waals surface area (Å²) in [5, 5.41) is 0.813. The number of methoxy groups -OCH3 is 2. The Morgan fingerprint density at radius 1 is 1.13 bits per heavy atom. The predicted molar refractivity (Wildman–Crippen MR) is 57.1 cm³/mol. The van der Waals surface area contributed by atoms with Gasteiger partial charge in [-0.25, -0.2) is 0 Å². The lowest BCUT2D eigenvalue weighted by atomic mass is 10.2. The van der Waals surface area contributed by atoms with Crippen molar-refractivity contribution in [2.75, 3.05) is 20.0 Å². The molecule has 2 rings (SSSR count). The maximum atomic E-state index is 5.66. The van der Waals surface area contributed by atoms with Gasteiger partial charge in [-0.2, -0.15) is 9.97 Å². The van der Waals surface area contributed by atoms with E-state index in [9.17, 15) is 0 Å². The second-order valence-electron chi connectivity index (χ2n) is 3.00. The van der Waals surface area contributed by atoms with Crippen LogP contribution in [0.2, 0.25) is 0 Å². The van der Waals surface area contributed by atoms with Crippen molar-refractivity contribution in [3.8, 4) is 11.9 Å². The van der Waals surface area contributed by atoms with Crippen molar-refractivity contribution in [2.24, 2.45) is 0 Å². The van der Waals surface area contributed by atoms with Gasteiger partial charge in [0.15, 0.2) is 0 Å². The summed E-state index contributed by atoms with van der Waals surface area (Å²) >= 11 is 0. The number of nitrogens with two attached hydrogens (primary N) is 1. The molecule has 0 saturated carbocycles. The predicted octanol–water partition coefficient (Wildman–Crippen LogP) is 1.23. The maximum absolute atomic E-state index is 5.66. The van der Waals surface area contributed by atoms with E-state index >= 15 is 0 Å². The van der Waals surface area contributed by atoms with E-state index in [4.69, 9.17) is 15.2 Å². The Morgan fingerprint density at radius 2 is 1.93 bits per heavy atom. The molecule has 0 aliphatic heterocycles. The molecule has 0 radical (unpaired) electrons. The number of nitrogens with zero attached hydrogens (tertiary/aromatic N) is 2. The van der Waals surface area contributed by atoms with Gasteiger partial charge in [0.1, 0.15) is 0 Å². The van der Waals surface area contributed by atoms with Gasteiger partial charge in [-0.15, -0.1) is 0 Å². The van der Waals surface area contributed by atoms with Crippen molar-refractivity contribution in [3.63, 3.8) is 0 Å². The smallest absolute Gasteiger partial charge is 0.320 e. The quantitative estimate of drug-likeness (QED) is 0.746. The van der Waals surface area contributed by atoms with E-state index in [1.54, 1.807) is 19.2 Å². The number of benzene rings is 1. The number of hydrogen-bond donors (Lipinski definition) is 1. The van der Waals surface area contributed by atoms with E-state index in [1.807, 2.05) is 6.07 Å². The molecule has 2 aromatic rings. The molecular formula is C10H11N3O2. The Balaban J connectivity index is 2.74. The molecule has 0 aliphatic rings. The third-order valence-electron chi connectivity index (χ3n) is 2.04. The number of anilines is 1. The molecule has 0 aliphatic carbocycles. The Labute approximate surface area is 86.8 Å². The minimum Gasteiger partial charge on any atom is -0.480 e. The molecule has 1 aromatic carbocycles. The number of aromatic nitrogens is 2. The fourth-order valence-electron chi connectivity index (χ4n) is 1.34. The molecule has 1 heterocycles. The largest absolute Gasteiger partial charge is 0.480 e. The van der Waals surface area contributed by atoms with Crippen LogP contribution in [-0.2, 0) is 0 Å². The second-order valence-corrected chi connectivity index (χ2v) is 3.00. The average Bonchev–Trinajstić information content (AvgIpc) is 2.26. The van der Waals surface area contributed by atoms with Crippen molar-refractivity contribution in [3.05, 3.63) is 18.2 Å². The number of fused-ring (bicyclic) bond motifs is 1. The Morgan fingerprint density at radius 3 is 2.60 bits per heavy atom. The molecule has 0 spiro atoms. The van der Waals surface area contributed by atoms with Gasteiger partial charge in [0.25, 0.3) is 0 Å². The van der Waals surface area contributed by atoms with E-state index in [0.29, 0.717) is 17.1 Å². The topological polar surface area (TPSA) is 70.3 Å². The van der Waals surface area contributed by atoms with Crippen molar-refractivity contribution >= 4 is 16.6 Å². The van der Waals surface area contributed by atoms with Crippen LogP contribution in [0.25, 0.3) is 10.9 Å². The summed E-state index contributed by atoms with van der Waals surface area (Å²) in [5.74, 6) is 0.483. The van der Waals surface area contributed by atoms with Crippen LogP contribution in [0.3, 0.4) is 0 Å². The Kier molecular flexibility index (Phi) is 2.29. The van der Waals surface area contributed by atoms with Crippen LogP contribution >= 0.6 is 0 Å². The maximum Gasteiger partial charge on any atom is 0.320 e. The Hall–Kier alpha value is -2.04. The monoisotopic (exact) mass is 205 g/mol. The van der Waals surface area contributed by atoms with Gasteiger partial charge in [-0.05, 0) is 18.2 Å². The van der Waals surface area contributed by atoms with Gasteiger partial charge >= 0.3 is 6.01 Å². The van der Waals surface area contributed by atoms with Gasteiger partial charge in [0, 0.05) is 5.69 Å². The summed E-state index contributed by atoms with van der Waals surface area (Å²) in [5.41, 5.74) is 7.02. The van der Waals surface area contributed by atoms with Gasteiger partial charge < -0.3 is 15.2 Å². The first-order valence-corrected chi connectivity index (χ1v) is 4.40. The van der Waals surface area contributed by atoms with Gasteiger partial charge in [-0.3, -0.25) is 0 Å². The summed E-state index contributed by atoms with van der Waals surface area (Å²) in [4.78, 5) is 8.24. The molecule has 0 amide bonds. The molecule has 2 N–H and O–H groups in total. The summed E-state index contributed by atoms with van der Waals surface area (Å²) < 4.78 is 10.1. The van der Waals surface area contributed by atoms with E-state index < -0.39 is 0 Å². The highest BCUT2D eigenvalue weighted by Crippen LogP contribution is 2.25. The SMILES string of the molecule is COc1nc(OC)c2ccc(N)cc2n1. The van der Waals surface area contributed by atoms with E-state index in [-0.39, 0.29) is 6.01 Å². The number of nitrogen functional groups attached to an aromatic ring is 1. The molecule has 0 unspecified atom stereocenters. The van der Waals surface area contributed by atoms with Crippen LogP contribution in [0.5, 0.6) is 11.9 Å². The number of ether oxygens (including phenoxy) is 2. The second kappa shape index (κ2) is 3.61. The minimum atomic E-state index is 0.268. The first-order valence-electron chi connectivity index (χ1n) is 4.40. The first kappa shape index (κ1) is 9.51. The minimum absolute atomic E-state index is 0.268. The third-order valence-corrected chi connectivity index (χ3v) is 2.04. The van der Waals surface area contributed by atoms with Crippen LogP contribution in [0.4, 0.5) is 5.69 Å².